The molecule has 5 nitrogen and oxygen atoms in total. The van der Waals surface area contributed by atoms with E-state index in [4.69, 9.17) is 5.11 Å². The summed E-state index contributed by atoms with van der Waals surface area (Å²) in [4.78, 5) is 12.0. The predicted molar refractivity (Wildman–Crippen MR) is 55.5 cm³/mol. The zero-order chi connectivity index (χ0) is 10.5. The van der Waals surface area contributed by atoms with E-state index in [9.17, 15) is 0 Å². The van der Waals surface area contributed by atoms with Crippen LogP contribution in [0.15, 0.2) is 36.9 Å². The summed E-state index contributed by atoms with van der Waals surface area (Å²) in [5, 5.41) is 11.8. The molecule has 0 bridgehead atoms. The molecule has 0 saturated carbocycles. The fraction of sp³-hybridized carbons (Fsp3) is 0.100. The molecule has 0 amide bonds. The van der Waals surface area contributed by atoms with Crippen LogP contribution in [-0.2, 0) is 6.61 Å². The number of anilines is 2. The number of aromatic nitrogens is 3. The molecule has 0 aliphatic carbocycles. The van der Waals surface area contributed by atoms with E-state index in [1.54, 1.807) is 24.8 Å². The van der Waals surface area contributed by atoms with Gasteiger partial charge >= 0.3 is 0 Å². The minimum Gasteiger partial charge on any atom is -0.392 e. The molecule has 2 rings (SSSR count). The summed E-state index contributed by atoms with van der Waals surface area (Å²) in [6, 6.07) is 3.70. The van der Waals surface area contributed by atoms with Crippen molar-refractivity contribution in [1.82, 2.24) is 15.0 Å². The molecule has 2 heterocycles. The highest BCUT2D eigenvalue weighted by molar-refractivity contribution is 5.50. The first kappa shape index (κ1) is 9.54. The second-order valence-corrected chi connectivity index (χ2v) is 2.94. The van der Waals surface area contributed by atoms with Gasteiger partial charge in [0.15, 0.2) is 0 Å². The largest absolute Gasteiger partial charge is 0.392 e. The summed E-state index contributed by atoms with van der Waals surface area (Å²) in [6.07, 6.45) is 6.53. The fourth-order valence-corrected chi connectivity index (χ4v) is 1.07. The highest BCUT2D eigenvalue weighted by Crippen LogP contribution is 2.09. The Kier molecular flexibility index (Phi) is 2.85. The van der Waals surface area contributed by atoms with Gasteiger partial charge < -0.3 is 10.4 Å². The van der Waals surface area contributed by atoms with Crippen LogP contribution in [0.25, 0.3) is 0 Å². The van der Waals surface area contributed by atoms with E-state index in [2.05, 4.69) is 20.3 Å². The molecular formula is C10H10N4O. The Morgan fingerprint density at radius 2 is 2.00 bits per heavy atom. The van der Waals surface area contributed by atoms with Crippen LogP contribution >= 0.6 is 0 Å². The van der Waals surface area contributed by atoms with Crippen LogP contribution < -0.4 is 5.32 Å². The van der Waals surface area contributed by atoms with Crippen molar-refractivity contribution in [2.45, 2.75) is 6.61 Å². The molecule has 0 spiro atoms. The van der Waals surface area contributed by atoms with Gasteiger partial charge in [-0.1, -0.05) is 0 Å². The molecule has 2 aromatic rings. The van der Waals surface area contributed by atoms with E-state index in [1.807, 2.05) is 12.1 Å². The Morgan fingerprint density at radius 3 is 2.60 bits per heavy atom. The Balaban J connectivity index is 2.11. The molecule has 5 heteroatoms. The third kappa shape index (κ3) is 2.47. The van der Waals surface area contributed by atoms with Crippen molar-refractivity contribution >= 4 is 11.6 Å². The van der Waals surface area contributed by atoms with Crippen LogP contribution in [0.5, 0.6) is 0 Å². The number of rotatable bonds is 3. The first-order chi connectivity index (χ1) is 7.38. The van der Waals surface area contributed by atoms with Crippen molar-refractivity contribution in [3.8, 4) is 0 Å². The zero-order valence-corrected chi connectivity index (χ0v) is 7.96. The Bertz CT molecular complexity index is 415. The summed E-state index contributed by atoms with van der Waals surface area (Å²) in [5.74, 6) is 0.486. The Labute approximate surface area is 86.9 Å². The number of hydrogen-bond donors (Lipinski definition) is 2. The molecule has 0 saturated heterocycles. The lowest BCUT2D eigenvalue weighted by Crippen LogP contribution is -1.98. The number of nitrogens with zero attached hydrogens (tertiary/aromatic N) is 3. The SMILES string of the molecule is OCc1cnc(Nc2cccnc2)nc1. The summed E-state index contributed by atoms with van der Waals surface area (Å²) >= 11 is 0. The van der Waals surface area contributed by atoms with Gasteiger partial charge in [0.05, 0.1) is 18.5 Å². The molecule has 2 aromatic heterocycles. The smallest absolute Gasteiger partial charge is 0.227 e. The molecule has 0 radical (unpaired) electrons. The van der Waals surface area contributed by atoms with E-state index in [1.165, 1.54) is 0 Å². The normalized spacial score (nSPS) is 9.93. The van der Waals surface area contributed by atoms with E-state index in [-0.39, 0.29) is 6.61 Å². The minimum atomic E-state index is -0.0484. The van der Waals surface area contributed by atoms with Gasteiger partial charge in [-0.05, 0) is 12.1 Å². The lowest BCUT2D eigenvalue weighted by Gasteiger charge is -2.03. The minimum absolute atomic E-state index is 0.0484. The highest BCUT2D eigenvalue weighted by atomic mass is 16.3. The second-order valence-electron chi connectivity index (χ2n) is 2.94. The number of hydrogen-bond acceptors (Lipinski definition) is 5. The van der Waals surface area contributed by atoms with Crippen molar-refractivity contribution in [3.05, 3.63) is 42.5 Å². The number of pyridine rings is 1. The van der Waals surface area contributed by atoms with Crippen molar-refractivity contribution in [1.29, 1.82) is 0 Å². The summed E-state index contributed by atoms with van der Waals surface area (Å²) in [6.45, 7) is -0.0484. The van der Waals surface area contributed by atoms with E-state index >= 15 is 0 Å². The molecule has 15 heavy (non-hydrogen) atoms. The van der Waals surface area contributed by atoms with Crippen molar-refractivity contribution < 1.29 is 5.11 Å². The van der Waals surface area contributed by atoms with Gasteiger partial charge in [0, 0.05) is 24.2 Å². The lowest BCUT2D eigenvalue weighted by atomic mass is 10.4. The van der Waals surface area contributed by atoms with Crippen LogP contribution in [0.2, 0.25) is 0 Å². The van der Waals surface area contributed by atoms with E-state index < -0.39 is 0 Å². The van der Waals surface area contributed by atoms with Crippen LogP contribution in [0, 0.1) is 0 Å². The first-order valence-electron chi connectivity index (χ1n) is 4.47. The van der Waals surface area contributed by atoms with E-state index in [0.717, 1.165) is 5.69 Å². The predicted octanol–water partition coefficient (Wildman–Crippen LogP) is 1.11. The fourth-order valence-electron chi connectivity index (χ4n) is 1.07. The van der Waals surface area contributed by atoms with Crippen molar-refractivity contribution in [2.75, 3.05) is 5.32 Å². The standard InChI is InChI=1S/C10H10N4O/c15-7-8-4-12-10(13-5-8)14-9-2-1-3-11-6-9/h1-6,15H,7H2,(H,12,13,14). The molecule has 0 fully saturated rings. The summed E-state index contributed by atoms with van der Waals surface area (Å²) in [7, 11) is 0. The molecule has 0 aromatic carbocycles. The van der Waals surface area contributed by atoms with Crippen LogP contribution in [0.4, 0.5) is 11.6 Å². The summed E-state index contributed by atoms with van der Waals surface area (Å²) < 4.78 is 0. The number of aliphatic hydroxyl groups excluding tert-OH is 1. The van der Waals surface area contributed by atoms with Gasteiger partial charge in [-0.2, -0.15) is 0 Å². The zero-order valence-electron chi connectivity index (χ0n) is 7.96. The van der Waals surface area contributed by atoms with Crippen LogP contribution in [0.3, 0.4) is 0 Å². The number of aliphatic hydroxyl groups is 1. The van der Waals surface area contributed by atoms with Gasteiger partial charge in [0.1, 0.15) is 0 Å². The van der Waals surface area contributed by atoms with Gasteiger partial charge in [-0.3, -0.25) is 4.98 Å². The summed E-state index contributed by atoms with van der Waals surface area (Å²) in [5.41, 5.74) is 1.51. The van der Waals surface area contributed by atoms with Crippen molar-refractivity contribution in [2.24, 2.45) is 0 Å². The number of nitrogens with one attached hydrogen (secondary N) is 1. The molecule has 0 aliphatic rings. The van der Waals surface area contributed by atoms with Gasteiger partial charge in [-0.15, -0.1) is 0 Å². The van der Waals surface area contributed by atoms with E-state index in [0.29, 0.717) is 11.5 Å². The molecule has 76 valence electrons. The Morgan fingerprint density at radius 1 is 1.20 bits per heavy atom. The quantitative estimate of drug-likeness (QED) is 0.780. The first-order valence-corrected chi connectivity index (χ1v) is 4.47. The van der Waals surface area contributed by atoms with Crippen molar-refractivity contribution in [3.63, 3.8) is 0 Å². The molecule has 0 aliphatic heterocycles. The molecule has 0 atom stereocenters. The Hall–Kier alpha value is -2.01. The maximum Gasteiger partial charge on any atom is 0.227 e. The lowest BCUT2D eigenvalue weighted by molar-refractivity contribution is 0.281. The topological polar surface area (TPSA) is 70.9 Å². The van der Waals surface area contributed by atoms with Gasteiger partial charge in [0.2, 0.25) is 5.95 Å². The molecule has 2 N–H and O–H groups in total. The molecular weight excluding hydrogens is 192 g/mol. The van der Waals surface area contributed by atoms with Crippen LogP contribution in [-0.4, -0.2) is 20.1 Å². The maximum atomic E-state index is 8.81. The highest BCUT2D eigenvalue weighted by Gasteiger charge is 1.97. The van der Waals surface area contributed by atoms with Gasteiger partial charge in [-0.25, -0.2) is 9.97 Å². The van der Waals surface area contributed by atoms with Gasteiger partial charge in [0.25, 0.3) is 0 Å². The average molecular weight is 202 g/mol. The third-order valence-corrected chi connectivity index (χ3v) is 1.81. The second kappa shape index (κ2) is 4.47. The van der Waals surface area contributed by atoms with Crippen LogP contribution in [0.1, 0.15) is 5.56 Å². The maximum absolute atomic E-state index is 8.81. The third-order valence-electron chi connectivity index (χ3n) is 1.81. The monoisotopic (exact) mass is 202 g/mol. The average Bonchev–Trinajstić information content (AvgIpc) is 2.31. The molecule has 0 unspecified atom stereocenters.